The Morgan fingerprint density at radius 1 is 0.943 bits per heavy atom. The lowest BCUT2D eigenvalue weighted by Crippen LogP contribution is -2.13. The van der Waals surface area contributed by atoms with Crippen LogP contribution in [0, 0.1) is 0 Å². The van der Waals surface area contributed by atoms with Crippen LogP contribution in [0.5, 0.6) is 17.2 Å². The van der Waals surface area contributed by atoms with Crippen molar-refractivity contribution in [1.82, 2.24) is 0 Å². The summed E-state index contributed by atoms with van der Waals surface area (Å²) in [6, 6.07) is 12.0. The number of esters is 1. The normalized spacial score (nSPS) is 11.9. The molecule has 0 bridgehead atoms. The van der Waals surface area contributed by atoms with Gasteiger partial charge in [0.25, 0.3) is 0 Å². The second-order valence-electron chi connectivity index (χ2n) is 7.23. The van der Waals surface area contributed by atoms with Crippen molar-refractivity contribution in [3.8, 4) is 17.2 Å². The highest BCUT2D eigenvalue weighted by Crippen LogP contribution is 2.42. The second-order valence-corrected chi connectivity index (χ2v) is 8.05. The summed E-state index contributed by atoms with van der Waals surface area (Å²) in [5.74, 6) is 0.252. The Morgan fingerprint density at radius 2 is 1.57 bits per heavy atom. The SMILES string of the molecule is CCOC(=O)CO/N=C(\C)COc1ccc2ccc(Oc3c(Cl)cc(C(F)(F)F)cc3Cl)cc2c1. The van der Waals surface area contributed by atoms with E-state index in [0.29, 0.717) is 17.2 Å². The third kappa shape index (κ3) is 7.40. The van der Waals surface area contributed by atoms with E-state index in [2.05, 4.69) is 5.16 Å². The molecule has 0 amide bonds. The van der Waals surface area contributed by atoms with E-state index in [1.165, 1.54) is 0 Å². The smallest absolute Gasteiger partial charge is 0.416 e. The van der Waals surface area contributed by atoms with Crippen LogP contribution in [0.4, 0.5) is 13.2 Å². The zero-order chi connectivity index (χ0) is 25.6. The van der Waals surface area contributed by atoms with Crippen molar-refractivity contribution in [3.63, 3.8) is 0 Å². The number of hydrogen-bond donors (Lipinski definition) is 0. The number of halogens is 5. The molecule has 35 heavy (non-hydrogen) atoms. The Balaban J connectivity index is 1.70. The second kappa shape index (κ2) is 11.5. The third-order valence-electron chi connectivity index (χ3n) is 4.48. The minimum Gasteiger partial charge on any atom is -0.488 e. The van der Waals surface area contributed by atoms with Crippen LogP contribution in [0.3, 0.4) is 0 Å². The number of hydrogen-bond acceptors (Lipinski definition) is 6. The Labute approximate surface area is 209 Å². The number of carbonyl (C=O) groups is 1. The molecule has 0 fully saturated rings. The zero-order valence-electron chi connectivity index (χ0n) is 18.6. The van der Waals surface area contributed by atoms with Crippen molar-refractivity contribution in [1.29, 1.82) is 0 Å². The molecule has 0 aliphatic heterocycles. The fraction of sp³-hybridized carbons (Fsp3) is 0.250. The fourth-order valence-corrected chi connectivity index (χ4v) is 3.47. The van der Waals surface area contributed by atoms with Crippen molar-refractivity contribution in [2.45, 2.75) is 20.0 Å². The topological polar surface area (TPSA) is 66.4 Å². The van der Waals surface area contributed by atoms with Crippen LogP contribution < -0.4 is 9.47 Å². The minimum atomic E-state index is -4.58. The van der Waals surface area contributed by atoms with Crippen LogP contribution in [0.15, 0.2) is 53.7 Å². The molecule has 186 valence electrons. The lowest BCUT2D eigenvalue weighted by atomic mass is 10.1. The summed E-state index contributed by atoms with van der Waals surface area (Å²) in [6.45, 7) is 3.44. The van der Waals surface area contributed by atoms with E-state index >= 15 is 0 Å². The van der Waals surface area contributed by atoms with Crippen LogP contribution >= 0.6 is 23.2 Å². The van der Waals surface area contributed by atoms with Crippen molar-refractivity contribution >= 4 is 45.7 Å². The highest BCUT2D eigenvalue weighted by molar-refractivity contribution is 6.37. The van der Waals surface area contributed by atoms with E-state index in [4.69, 9.17) is 42.3 Å². The minimum absolute atomic E-state index is 0.0808. The van der Waals surface area contributed by atoms with Gasteiger partial charge in [0.15, 0.2) is 5.75 Å². The number of oxime groups is 1. The number of nitrogens with zero attached hydrogens (tertiary/aromatic N) is 1. The van der Waals surface area contributed by atoms with Crippen molar-refractivity contribution in [2.75, 3.05) is 19.8 Å². The van der Waals surface area contributed by atoms with Gasteiger partial charge < -0.3 is 19.0 Å². The molecule has 0 heterocycles. The number of rotatable bonds is 9. The molecule has 0 aliphatic rings. The lowest BCUT2D eigenvalue weighted by Gasteiger charge is -2.14. The average molecular weight is 530 g/mol. The van der Waals surface area contributed by atoms with Crippen LogP contribution in [0.1, 0.15) is 19.4 Å². The maximum Gasteiger partial charge on any atom is 0.416 e. The summed E-state index contributed by atoms with van der Waals surface area (Å²) in [7, 11) is 0. The molecule has 6 nitrogen and oxygen atoms in total. The predicted octanol–water partition coefficient (Wildman–Crippen LogP) is 7.29. The molecule has 0 saturated heterocycles. The first-order valence-corrected chi connectivity index (χ1v) is 11.0. The molecule has 11 heteroatoms. The van der Waals surface area contributed by atoms with Gasteiger partial charge in [-0.3, -0.25) is 0 Å². The number of fused-ring (bicyclic) bond motifs is 1. The first-order valence-electron chi connectivity index (χ1n) is 10.3. The summed E-state index contributed by atoms with van der Waals surface area (Å²) in [5.41, 5.74) is -0.469. The summed E-state index contributed by atoms with van der Waals surface area (Å²) in [6.07, 6.45) is -4.58. The molecule has 3 rings (SSSR count). The molecule has 0 atom stereocenters. The first kappa shape index (κ1) is 26.4. The maximum absolute atomic E-state index is 13.0. The standard InChI is InChI=1S/C24H20Cl2F3NO5/c1-3-32-22(31)13-34-30-14(2)12-33-18-6-4-15-5-7-19(9-16(15)8-18)35-23-20(25)10-17(11-21(23)26)24(27,28)29/h4-11H,3,12-13H2,1-2H3/b30-14+. The third-order valence-corrected chi connectivity index (χ3v) is 5.05. The van der Waals surface area contributed by atoms with E-state index in [1.807, 2.05) is 6.07 Å². The zero-order valence-corrected chi connectivity index (χ0v) is 20.1. The molecule has 3 aromatic carbocycles. The van der Waals surface area contributed by atoms with Gasteiger partial charge in [-0.2, -0.15) is 13.2 Å². The molecule has 0 unspecified atom stereocenters. The van der Waals surface area contributed by atoms with Gasteiger partial charge >= 0.3 is 12.1 Å². The Kier molecular flexibility index (Phi) is 8.69. The molecule has 0 radical (unpaired) electrons. The molecular formula is C24H20Cl2F3NO5. The maximum atomic E-state index is 13.0. The highest BCUT2D eigenvalue weighted by Gasteiger charge is 2.32. The summed E-state index contributed by atoms with van der Waals surface area (Å²) in [4.78, 5) is 16.2. The van der Waals surface area contributed by atoms with E-state index in [-0.39, 0.29) is 35.6 Å². The van der Waals surface area contributed by atoms with E-state index in [9.17, 15) is 18.0 Å². The van der Waals surface area contributed by atoms with Crippen LogP contribution in [-0.4, -0.2) is 31.5 Å². The van der Waals surface area contributed by atoms with Crippen molar-refractivity contribution in [2.24, 2.45) is 5.16 Å². The van der Waals surface area contributed by atoms with Gasteiger partial charge in [0.05, 0.1) is 27.9 Å². The van der Waals surface area contributed by atoms with Gasteiger partial charge in [0.2, 0.25) is 6.61 Å². The van der Waals surface area contributed by atoms with Crippen LogP contribution in [-0.2, 0) is 20.5 Å². The van der Waals surface area contributed by atoms with Crippen molar-refractivity contribution in [3.05, 3.63) is 64.1 Å². The Bertz CT molecular complexity index is 1220. The summed E-state index contributed by atoms with van der Waals surface area (Å²) >= 11 is 12.0. The van der Waals surface area contributed by atoms with Gasteiger partial charge in [0, 0.05) is 0 Å². The lowest BCUT2D eigenvalue weighted by molar-refractivity contribution is -0.148. The Hall–Kier alpha value is -3.17. The summed E-state index contributed by atoms with van der Waals surface area (Å²) in [5, 5.41) is 4.89. The van der Waals surface area contributed by atoms with E-state index < -0.39 is 17.7 Å². The Morgan fingerprint density at radius 3 is 2.20 bits per heavy atom. The van der Waals surface area contributed by atoms with Crippen molar-refractivity contribution < 1.29 is 37.0 Å². The number of benzene rings is 3. The molecule has 0 aliphatic carbocycles. The monoisotopic (exact) mass is 529 g/mol. The van der Waals surface area contributed by atoms with Gasteiger partial charge in [-0.1, -0.05) is 40.5 Å². The molecule has 0 spiro atoms. The van der Waals surface area contributed by atoms with E-state index in [0.717, 1.165) is 22.9 Å². The van der Waals surface area contributed by atoms with Gasteiger partial charge in [-0.15, -0.1) is 0 Å². The number of ether oxygens (including phenoxy) is 3. The average Bonchev–Trinajstić information content (AvgIpc) is 2.79. The molecular weight excluding hydrogens is 510 g/mol. The highest BCUT2D eigenvalue weighted by atomic mass is 35.5. The molecule has 0 N–H and O–H groups in total. The molecule has 3 aromatic rings. The van der Waals surface area contributed by atoms with Gasteiger partial charge in [0.1, 0.15) is 18.1 Å². The van der Waals surface area contributed by atoms with Crippen LogP contribution in [0.25, 0.3) is 10.8 Å². The summed E-state index contributed by atoms with van der Waals surface area (Å²) < 4.78 is 55.0. The first-order chi connectivity index (χ1) is 16.6. The molecule has 0 saturated carbocycles. The fourth-order valence-electron chi connectivity index (χ4n) is 2.91. The number of alkyl halides is 3. The predicted molar refractivity (Wildman–Crippen MR) is 127 cm³/mol. The largest absolute Gasteiger partial charge is 0.488 e. The van der Waals surface area contributed by atoms with Gasteiger partial charge in [-0.05, 0) is 61.0 Å². The van der Waals surface area contributed by atoms with Gasteiger partial charge in [-0.25, -0.2) is 4.79 Å². The van der Waals surface area contributed by atoms with Crippen LogP contribution in [0.2, 0.25) is 10.0 Å². The molecule has 0 aromatic heterocycles. The quantitative estimate of drug-likeness (QED) is 0.165. The number of carbonyl (C=O) groups excluding carboxylic acids is 1. The van der Waals surface area contributed by atoms with E-state index in [1.54, 1.807) is 44.2 Å².